The van der Waals surface area contributed by atoms with Gasteiger partial charge in [0.1, 0.15) is 0 Å². The Balaban J connectivity index is 0. The number of nitrogens with two attached hydrogens (primary N) is 1. The molecular weight excluding hydrogens is 338 g/mol. The number of unbranched alkanes of at least 4 members (excludes halogenated alkanes) is 8. The minimum Gasteiger partial charge on any atom is -0.466 e. The van der Waals surface area contributed by atoms with Gasteiger partial charge in [-0.2, -0.15) is 0 Å². The summed E-state index contributed by atoms with van der Waals surface area (Å²) in [5.41, 5.74) is 4.53. The summed E-state index contributed by atoms with van der Waals surface area (Å²) in [6.07, 6.45) is 24.1. The minimum atomic E-state index is -0.481. The maximum absolute atomic E-state index is 11.1. The number of primary amides is 1. The predicted octanol–water partition coefficient (Wildman–Crippen LogP) is 6.02. The van der Waals surface area contributed by atoms with E-state index in [2.05, 4.69) is 43.5 Å². The van der Waals surface area contributed by atoms with Crippen LogP contribution in [0.25, 0.3) is 0 Å². The predicted molar refractivity (Wildman–Crippen MR) is 115 cm³/mol. The average molecular weight is 380 g/mol. The van der Waals surface area contributed by atoms with Crippen LogP contribution in [0.2, 0.25) is 0 Å². The van der Waals surface area contributed by atoms with Crippen molar-refractivity contribution in [1.82, 2.24) is 0 Å². The van der Waals surface area contributed by atoms with Crippen molar-refractivity contribution in [3.05, 3.63) is 37.0 Å². The van der Waals surface area contributed by atoms with Gasteiger partial charge in [0, 0.05) is 6.42 Å². The van der Waals surface area contributed by atoms with Gasteiger partial charge in [-0.15, -0.1) is 0 Å². The molecule has 0 fully saturated rings. The standard InChI is InChI=1S/C20H36O2.C3H5NO/c1-3-5-6-7-8-9-10-11-12-13-14-15-16-17-18-19-20(21)22-4-2;1-2-3(4)5/h8-9,11-12H,3-7,10,13-19H2,1-2H3;2H,1H2,(H2,4,5)/b9-8-,12-11-;. The molecule has 156 valence electrons. The lowest BCUT2D eigenvalue weighted by Crippen LogP contribution is -2.04. The van der Waals surface area contributed by atoms with E-state index in [1.165, 1.54) is 51.4 Å². The van der Waals surface area contributed by atoms with Gasteiger partial charge in [0.15, 0.2) is 0 Å². The van der Waals surface area contributed by atoms with Gasteiger partial charge in [-0.3, -0.25) is 9.59 Å². The zero-order valence-electron chi connectivity index (χ0n) is 17.6. The molecule has 0 aliphatic carbocycles. The molecule has 2 N–H and O–H groups in total. The summed E-state index contributed by atoms with van der Waals surface area (Å²) in [6, 6.07) is 0. The molecule has 0 saturated heterocycles. The number of carbonyl (C=O) groups excluding carboxylic acids is 2. The van der Waals surface area contributed by atoms with Crippen LogP contribution in [0.3, 0.4) is 0 Å². The number of allylic oxidation sites excluding steroid dienone is 4. The summed E-state index contributed by atoms with van der Waals surface area (Å²) in [5, 5.41) is 0. The number of hydrogen-bond acceptors (Lipinski definition) is 3. The number of ether oxygens (including phenoxy) is 1. The molecule has 0 aromatic heterocycles. The van der Waals surface area contributed by atoms with Crippen LogP contribution in [0, 0.1) is 0 Å². The lowest BCUT2D eigenvalue weighted by molar-refractivity contribution is -0.143. The molecule has 0 rings (SSSR count). The highest BCUT2D eigenvalue weighted by molar-refractivity contribution is 5.84. The van der Waals surface area contributed by atoms with E-state index in [0.29, 0.717) is 13.0 Å². The van der Waals surface area contributed by atoms with Crippen LogP contribution in [0.4, 0.5) is 0 Å². The summed E-state index contributed by atoms with van der Waals surface area (Å²) < 4.78 is 4.91. The summed E-state index contributed by atoms with van der Waals surface area (Å²) >= 11 is 0. The van der Waals surface area contributed by atoms with Crippen molar-refractivity contribution in [3.8, 4) is 0 Å². The largest absolute Gasteiger partial charge is 0.466 e. The highest BCUT2D eigenvalue weighted by Crippen LogP contribution is 2.08. The molecule has 0 bridgehead atoms. The van der Waals surface area contributed by atoms with Gasteiger partial charge in [-0.05, 0) is 51.5 Å². The van der Waals surface area contributed by atoms with Crippen LogP contribution >= 0.6 is 0 Å². The Morgan fingerprint density at radius 1 is 0.852 bits per heavy atom. The van der Waals surface area contributed by atoms with Gasteiger partial charge >= 0.3 is 5.97 Å². The number of rotatable bonds is 16. The number of esters is 1. The second-order valence-electron chi connectivity index (χ2n) is 6.39. The third kappa shape index (κ3) is 29.2. The molecule has 0 aromatic carbocycles. The third-order valence-electron chi connectivity index (χ3n) is 3.84. The maximum Gasteiger partial charge on any atom is 0.305 e. The second-order valence-corrected chi connectivity index (χ2v) is 6.39. The van der Waals surface area contributed by atoms with Gasteiger partial charge in [0.25, 0.3) is 0 Å². The summed E-state index contributed by atoms with van der Waals surface area (Å²) in [7, 11) is 0. The van der Waals surface area contributed by atoms with Gasteiger partial charge in [0.05, 0.1) is 6.61 Å². The molecule has 0 aliphatic rings. The molecule has 0 radical (unpaired) electrons. The average Bonchev–Trinajstić information content (AvgIpc) is 2.65. The van der Waals surface area contributed by atoms with Crippen molar-refractivity contribution < 1.29 is 14.3 Å². The summed E-state index contributed by atoms with van der Waals surface area (Å²) in [6.45, 7) is 7.68. The first-order valence-electron chi connectivity index (χ1n) is 10.5. The third-order valence-corrected chi connectivity index (χ3v) is 3.84. The first-order chi connectivity index (χ1) is 13.1. The normalized spacial score (nSPS) is 10.6. The first kappa shape index (κ1) is 27.4. The van der Waals surface area contributed by atoms with Crippen molar-refractivity contribution >= 4 is 11.9 Å². The Morgan fingerprint density at radius 2 is 1.37 bits per heavy atom. The van der Waals surface area contributed by atoms with Crippen molar-refractivity contribution in [1.29, 1.82) is 0 Å². The van der Waals surface area contributed by atoms with E-state index in [4.69, 9.17) is 4.74 Å². The van der Waals surface area contributed by atoms with Gasteiger partial charge in [0.2, 0.25) is 5.91 Å². The van der Waals surface area contributed by atoms with Crippen LogP contribution < -0.4 is 5.73 Å². The van der Waals surface area contributed by atoms with Crippen LogP contribution in [-0.2, 0) is 14.3 Å². The molecule has 0 atom stereocenters. The quantitative estimate of drug-likeness (QED) is 0.154. The van der Waals surface area contributed by atoms with E-state index in [1.807, 2.05) is 6.92 Å². The van der Waals surface area contributed by atoms with Gasteiger partial charge < -0.3 is 10.5 Å². The molecule has 0 spiro atoms. The summed E-state index contributed by atoms with van der Waals surface area (Å²) in [5.74, 6) is -0.529. The molecule has 0 heterocycles. The molecule has 27 heavy (non-hydrogen) atoms. The highest BCUT2D eigenvalue weighted by atomic mass is 16.5. The van der Waals surface area contributed by atoms with E-state index in [9.17, 15) is 9.59 Å². The Morgan fingerprint density at radius 3 is 1.89 bits per heavy atom. The first-order valence-corrected chi connectivity index (χ1v) is 10.5. The Hall–Kier alpha value is -1.84. The smallest absolute Gasteiger partial charge is 0.305 e. The molecule has 0 unspecified atom stereocenters. The van der Waals surface area contributed by atoms with Crippen LogP contribution in [0.1, 0.15) is 90.9 Å². The second kappa shape index (κ2) is 24.2. The maximum atomic E-state index is 11.1. The van der Waals surface area contributed by atoms with E-state index in [1.54, 1.807) is 0 Å². The lowest BCUT2D eigenvalue weighted by atomic mass is 10.1. The zero-order chi connectivity index (χ0) is 20.6. The Labute approximate surface area is 166 Å². The van der Waals surface area contributed by atoms with Gasteiger partial charge in [-0.1, -0.05) is 69.9 Å². The number of hydrogen-bond donors (Lipinski definition) is 1. The van der Waals surface area contributed by atoms with E-state index >= 15 is 0 Å². The molecule has 0 saturated carbocycles. The molecule has 0 aliphatic heterocycles. The Bertz CT molecular complexity index is 414. The number of amides is 1. The fourth-order valence-corrected chi connectivity index (χ4v) is 2.31. The van der Waals surface area contributed by atoms with Gasteiger partial charge in [-0.25, -0.2) is 0 Å². The molecule has 4 heteroatoms. The molecule has 0 aromatic rings. The topological polar surface area (TPSA) is 69.4 Å². The van der Waals surface area contributed by atoms with E-state index < -0.39 is 5.91 Å². The van der Waals surface area contributed by atoms with Crippen molar-refractivity contribution in [3.63, 3.8) is 0 Å². The zero-order valence-corrected chi connectivity index (χ0v) is 17.6. The van der Waals surface area contributed by atoms with Crippen LogP contribution in [0.15, 0.2) is 37.0 Å². The van der Waals surface area contributed by atoms with Crippen molar-refractivity contribution in [2.75, 3.05) is 6.61 Å². The monoisotopic (exact) mass is 379 g/mol. The fraction of sp³-hybridized carbons (Fsp3) is 0.652. The SMILES string of the molecule is C=CC(N)=O.CCCCC/C=C\C/C=C\CCCCCCCC(=O)OCC. The lowest BCUT2D eigenvalue weighted by Gasteiger charge is -2.01. The molecule has 4 nitrogen and oxygen atoms in total. The van der Waals surface area contributed by atoms with E-state index in [0.717, 1.165) is 25.3 Å². The van der Waals surface area contributed by atoms with Crippen LogP contribution in [0.5, 0.6) is 0 Å². The molecular formula is C23H41NO3. The minimum absolute atomic E-state index is 0.0480. The van der Waals surface area contributed by atoms with Crippen molar-refractivity contribution in [2.45, 2.75) is 90.9 Å². The molecule has 1 amide bonds. The number of carbonyl (C=O) groups is 2. The van der Waals surface area contributed by atoms with E-state index in [-0.39, 0.29) is 5.97 Å². The fourth-order valence-electron chi connectivity index (χ4n) is 2.31. The van der Waals surface area contributed by atoms with Crippen LogP contribution in [-0.4, -0.2) is 18.5 Å². The van der Waals surface area contributed by atoms with Crippen molar-refractivity contribution in [2.24, 2.45) is 5.73 Å². The highest BCUT2D eigenvalue weighted by Gasteiger charge is 2.00. The Kier molecular flexibility index (Phi) is 24.5. The summed E-state index contributed by atoms with van der Waals surface area (Å²) in [4.78, 5) is 20.6.